The number of hydrogen-bond acceptors (Lipinski definition) is 1. The van der Waals surface area contributed by atoms with Gasteiger partial charge in [-0.3, -0.25) is 0 Å². The molecule has 0 radical (unpaired) electrons. The summed E-state index contributed by atoms with van der Waals surface area (Å²) in [5.74, 6) is 0. The van der Waals surface area contributed by atoms with Crippen molar-refractivity contribution in [3.05, 3.63) is 71.3 Å². The molecular formula is C17H21N. The van der Waals surface area contributed by atoms with Crippen LogP contribution in [0.5, 0.6) is 0 Å². The van der Waals surface area contributed by atoms with E-state index in [1.807, 2.05) is 6.92 Å². The number of hydrogen-bond donors (Lipinski definition) is 1. The highest BCUT2D eigenvalue weighted by atomic mass is 14.6. The van der Waals surface area contributed by atoms with Crippen LogP contribution in [0.25, 0.3) is 0 Å². The lowest BCUT2D eigenvalue weighted by molar-refractivity contribution is 0.640. The highest BCUT2D eigenvalue weighted by Crippen LogP contribution is 2.31. The molecule has 0 aliphatic carbocycles. The van der Waals surface area contributed by atoms with E-state index in [4.69, 9.17) is 5.73 Å². The molecule has 0 aliphatic heterocycles. The molecule has 1 nitrogen and oxygen atoms in total. The molecule has 0 aromatic heterocycles. The minimum Gasteiger partial charge on any atom is -0.324 e. The van der Waals surface area contributed by atoms with Crippen LogP contribution < -0.4 is 5.73 Å². The monoisotopic (exact) mass is 239 g/mol. The molecule has 0 amide bonds. The lowest BCUT2D eigenvalue weighted by Gasteiger charge is -2.26. The smallest absolute Gasteiger partial charge is 0.0266 e. The number of nitrogens with two attached hydrogens (primary N) is 1. The van der Waals surface area contributed by atoms with Gasteiger partial charge in [-0.15, -0.1) is 0 Å². The fraction of sp³-hybridized carbons (Fsp3) is 0.294. The van der Waals surface area contributed by atoms with Gasteiger partial charge in [0, 0.05) is 11.5 Å². The molecular weight excluding hydrogens is 218 g/mol. The second-order valence-electron chi connectivity index (χ2n) is 5.40. The number of rotatable bonds is 3. The molecule has 0 aliphatic rings. The maximum Gasteiger partial charge on any atom is 0.0266 e. The fourth-order valence-electron chi connectivity index (χ4n) is 2.22. The van der Waals surface area contributed by atoms with Crippen LogP contribution in [0.1, 0.15) is 43.5 Å². The molecule has 2 rings (SSSR count). The van der Waals surface area contributed by atoms with Gasteiger partial charge >= 0.3 is 0 Å². The van der Waals surface area contributed by atoms with Crippen LogP contribution in [0.2, 0.25) is 0 Å². The van der Waals surface area contributed by atoms with E-state index in [1.54, 1.807) is 0 Å². The second kappa shape index (κ2) is 4.95. The van der Waals surface area contributed by atoms with E-state index in [0.717, 1.165) is 0 Å². The van der Waals surface area contributed by atoms with Gasteiger partial charge in [0.25, 0.3) is 0 Å². The van der Waals surface area contributed by atoms with Crippen molar-refractivity contribution in [2.75, 3.05) is 0 Å². The summed E-state index contributed by atoms with van der Waals surface area (Å²) in [6.45, 7) is 6.52. The Balaban J connectivity index is 2.36. The summed E-state index contributed by atoms with van der Waals surface area (Å²) in [6, 6.07) is 19.3. The summed E-state index contributed by atoms with van der Waals surface area (Å²) in [5.41, 5.74) is 9.74. The first kappa shape index (κ1) is 12.8. The van der Waals surface area contributed by atoms with Crippen molar-refractivity contribution in [3.63, 3.8) is 0 Å². The summed E-state index contributed by atoms with van der Waals surface area (Å²) in [4.78, 5) is 0. The number of benzene rings is 2. The first-order valence-electron chi connectivity index (χ1n) is 6.43. The van der Waals surface area contributed by atoms with Crippen LogP contribution >= 0.6 is 0 Å². The molecule has 2 aromatic carbocycles. The van der Waals surface area contributed by atoms with Gasteiger partial charge in [0.1, 0.15) is 0 Å². The minimum atomic E-state index is 0.0254. The average Bonchev–Trinajstić information content (AvgIpc) is 2.40. The van der Waals surface area contributed by atoms with Gasteiger partial charge in [0.15, 0.2) is 0 Å². The molecule has 1 atom stereocenters. The van der Waals surface area contributed by atoms with Crippen molar-refractivity contribution in [1.29, 1.82) is 0 Å². The molecule has 0 spiro atoms. The van der Waals surface area contributed by atoms with Crippen molar-refractivity contribution in [2.45, 2.75) is 32.2 Å². The van der Waals surface area contributed by atoms with Gasteiger partial charge < -0.3 is 5.73 Å². The summed E-state index contributed by atoms with van der Waals surface area (Å²) in [5, 5.41) is 0. The molecule has 0 saturated heterocycles. The Bertz CT molecular complexity index is 495. The van der Waals surface area contributed by atoms with E-state index in [2.05, 4.69) is 68.4 Å². The van der Waals surface area contributed by atoms with Gasteiger partial charge in [0.05, 0.1) is 0 Å². The highest BCUT2D eigenvalue weighted by molar-refractivity contribution is 5.38. The van der Waals surface area contributed by atoms with Gasteiger partial charge in [-0.1, -0.05) is 68.4 Å². The van der Waals surface area contributed by atoms with Crippen LogP contribution in [-0.4, -0.2) is 0 Å². The maximum absolute atomic E-state index is 5.88. The Kier molecular flexibility index (Phi) is 3.53. The van der Waals surface area contributed by atoms with Crippen LogP contribution in [-0.2, 0) is 5.41 Å². The lowest BCUT2D eigenvalue weighted by Crippen LogP contribution is -2.19. The topological polar surface area (TPSA) is 26.0 Å². The Labute approximate surface area is 110 Å². The Morgan fingerprint density at radius 3 is 1.83 bits per heavy atom. The van der Waals surface area contributed by atoms with Crippen LogP contribution in [0.15, 0.2) is 54.6 Å². The maximum atomic E-state index is 5.88. The minimum absolute atomic E-state index is 0.0254. The molecule has 0 saturated carbocycles. The van der Waals surface area contributed by atoms with Crippen LogP contribution in [0, 0.1) is 0 Å². The first-order chi connectivity index (χ1) is 8.51. The van der Waals surface area contributed by atoms with Crippen molar-refractivity contribution in [2.24, 2.45) is 5.73 Å². The fourth-order valence-corrected chi connectivity index (χ4v) is 2.22. The molecule has 0 fully saturated rings. The largest absolute Gasteiger partial charge is 0.324 e. The van der Waals surface area contributed by atoms with Gasteiger partial charge in [-0.05, 0) is 23.6 Å². The standard InChI is InChI=1S/C17H21N/c1-13(18)14-9-11-16(12-10-14)17(2,3)15-7-5-4-6-8-15/h4-13H,18H2,1-3H3. The predicted molar refractivity (Wildman–Crippen MR) is 77.6 cm³/mol. The molecule has 18 heavy (non-hydrogen) atoms. The molecule has 0 bridgehead atoms. The molecule has 94 valence electrons. The summed E-state index contributed by atoms with van der Waals surface area (Å²) >= 11 is 0. The Hall–Kier alpha value is -1.60. The van der Waals surface area contributed by atoms with Gasteiger partial charge in [-0.25, -0.2) is 0 Å². The zero-order valence-corrected chi connectivity index (χ0v) is 11.4. The zero-order chi connectivity index (χ0) is 13.2. The molecule has 0 heterocycles. The van der Waals surface area contributed by atoms with E-state index in [9.17, 15) is 0 Å². The van der Waals surface area contributed by atoms with Crippen LogP contribution in [0.4, 0.5) is 0 Å². The van der Waals surface area contributed by atoms with Crippen LogP contribution in [0.3, 0.4) is 0 Å². The van der Waals surface area contributed by atoms with E-state index in [-0.39, 0.29) is 11.5 Å². The molecule has 2 aromatic rings. The SMILES string of the molecule is CC(N)c1ccc(C(C)(C)c2ccccc2)cc1. The molecule has 1 unspecified atom stereocenters. The van der Waals surface area contributed by atoms with Gasteiger partial charge in [0.2, 0.25) is 0 Å². The van der Waals surface area contributed by atoms with E-state index >= 15 is 0 Å². The van der Waals surface area contributed by atoms with Crippen molar-refractivity contribution >= 4 is 0 Å². The highest BCUT2D eigenvalue weighted by Gasteiger charge is 2.22. The average molecular weight is 239 g/mol. The Morgan fingerprint density at radius 2 is 1.33 bits per heavy atom. The lowest BCUT2D eigenvalue weighted by atomic mass is 9.78. The normalized spacial score (nSPS) is 13.3. The summed E-state index contributed by atoms with van der Waals surface area (Å²) < 4.78 is 0. The molecule has 1 heteroatoms. The van der Waals surface area contributed by atoms with E-state index in [0.29, 0.717) is 0 Å². The first-order valence-corrected chi connectivity index (χ1v) is 6.43. The Morgan fingerprint density at radius 1 is 0.833 bits per heavy atom. The third-order valence-electron chi connectivity index (χ3n) is 3.65. The predicted octanol–water partition coefficient (Wildman–Crippen LogP) is 4.03. The van der Waals surface area contributed by atoms with Crippen molar-refractivity contribution in [3.8, 4) is 0 Å². The van der Waals surface area contributed by atoms with E-state index in [1.165, 1.54) is 16.7 Å². The second-order valence-corrected chi connectivity index (χ2v) is 5.40. The summed E-state index contributed by atoms with van der Waals surface area (Å²) in [7, 11) is 0. The molecule has 2 N–H and O–H groups in total. The van der Waals surface area contributed by atoms with Crippen molar-refractivity contribution in [1.82, 2.24) is 0 Å². The quantitative estimate of drug-likeness (QED) is 0.859. The van der Waals surface area contributed by atoms with E-state index < -0.39 is 0 Å². The summed E-state index contributed by atoms with van der Waals surface area (Å²) in [6.07, 6.45) is 0. The third kappa shape index (κ3) is 2.46. The third-order valence-corrected chi connectivity index (χ3v) is 3.65. The van der Waals surface area contributed by atoms with Gasteiger partial charge in [-0.2, -0.15) is 0 Å². The van der Waals surface area contributed by atoms with Crippen molar-refractivity contribution < 1.29 is 0 Å². The zero-order valence-electron chi connectivity index (χ0n) is 11.4.